The molecule has 1 aliphatic rings. The monoisotopic (exact) mass is 342 g/mol. The van der Waals surface area contributed by atoms with Crippen molar-refractivity contribution in [2.45, 2.75) is 6.04 Å². The summed E-state index contributed by atoms with van der Waals surface area (Å²) in [6.07, 6.45) is 1.51. The summed E-state index contributed by atoms with van der Waals surface area (Å²) in [6.45, 7) is 0.911. The molecule has 0 aliphatic carbocycles. The average molecular weight is 342 g/mol. The van der Waals surface area contributed by atoms with Crippen molar-refractivity contribution in [3.8, 4) is 0 Å². The first kappa shape index (κ1) is 15.6. The Morgan fingerprint density at radius 1 is 1.41 bits per heavy atom. The van der Waals surface area contributed by atoms with E-state index in [0.29, 0.717) is 13.2 Å². The molecule has 1 N–H and O–H groups in total. The molecule has 2 aromatic heterocycles. The van der Waals surface area contributed by atoms with Gasteiger partial charge in [0.2, 0.25) is 10.0 Å². The van der Waals surface area contributed by atoms with Gasteiger partial charge < -0.3 is 10.1 Å². The molecule has 3 rings (SSSR count). The van der Waals surface area contributed by atoms with Crippen molar-refractivity contribution in [2.24, 2.45) is 5.92 Å². The number of hydrogen-bond acceptors (Lipinski definition) is 7. The van der Waals surface area contributed by atoms with Crippen LogP contribution in [0.2, 0.25) is 0 Å². The highest BCUT2D eigenvalue weighted by Gasteiger charge is 2.33. The highest BCUT2D eigenvalue weighted by Crippen LogP contribution is 2.28. The molecule has 9 heteroatoms. The largest absolute Gasteiger partial charge is 0.379 e. The van der Waals surface area contributed by atoms with Gasteiger partial charge >= 0.3 is 0 Å². The minimum Gasteiger partial charge on any atom is -0.379 e. The van der Waals surface area contributed by atoms with Gasteiger partial charge in [-0.25, -0.2) is 22.7 Å². The summed E-state index contributed by atoms with van der Waals surface area (Å²) in [4.78, 5) is 8.48. The van der Waals surface area contributed by atoms with E-state index in [2.05, 4.69) is 15.3 Å². The van der Waals surface area contributed by atoms with Crippen LogP contribution in [0.5, 0.6) is 0 Å². The molecule has 7 nitrogen and oxygen atoms in total. The average Bonchev–Trinajstić information content (AvgIpc) is 3.08. The molecule has 0 aromatic carbocycles. The zero-order valence-electron chi connectivity index (χ0n) is 12.4. The normalized spacial score (nSPS) is 22.5. The van der Waals surface area contributed by atoms with Crippen LogP contribution in [0.4, 0.5) is 5.82 Å². The summed E-state index contributed by atoms with van der Waals surface area (Å²) in [5.41, 5.74) is 0.888. The first-order valence-corrected chi connectivity index (χ1v) is 9.39. The number of hydrogen-bond donors (Lipinski definition) is 1. The Bertz CT molecular complexity index is 759. The molecular weight excluding hydrogens is 324 g/mol. The van der Waals surface area contributed by atoms with E-state index in [1.165, 1.54) is 10.6 Å². The van der Waals surface area contributed by atoms with Gasteiger partial charge in [-0.05, 0) is 11.4 Å². The molecule has 0 radical (unpaired) electrons. The number of sulfonamides is 1. The maximum absolute atomic E-state index is 12.1. The van der Waals surface area contributed by atoms with Gasteiger partial charge in [0.25, 0.3) is 0 Å². The van der Waals surface area contributed by atoms with Crippen molar-refractivity contribution in [3.63, 3.8) is 0 Å². The highest BCUT2D eigenvalue weighted by atomic mass is 32.2. The second kappa shape index (κ2) is 6.07. The maximum Gasteiger partial charge on any atom is 0.214 e. The van der Waals surface area contributed by atoms with Crippen LogP contribution in [0.15, 0.2) is 17.8 Å². The van der Waals surface area contributed by atoms with E-state index in [1.807, 2.05) is 11.4 Å². The van der Waals surface area contributed by atoms with E-state index in [9.17, 15) is 8.42 Å². The molecule has 22 heavy (non-hydrogen) atoms. The Morgan fingerprint density at radius 3 is 3.00 bits per heavy atom. The zero-order chi connectivity index (χ0) is 15.7. The number of aromatic nitrogens is 2. The molecule has 1 fully saturated rings. The molecular formula is C13H18N4O3S2. The van der Waals surface area contributed by atoms with E-state index in [-0.39, 0.29) is 17.7 Å². The van der Waals surface area contributed by atoms with E-state index in [4.69, 9.17) is 4.74 Å². The quantitative estimate of drug-likeness (QED) is 0.873. The van der Waals surface area contributed by atoms with E-state index >= 15 is 0 Å². The predicted octanol–water partition coefficient (Wildman–Crippen LogP) is 1.01. The topological polar surface area (TPSA) is 84.4 Å². The fraction of sp³-hybridized carbons (Fsp3) is 0.538. The van der Waals surface area contributed by atoms with Crippen molar-refractivity contribution < 1.29 is 13.2 Å². The fourth-order valence-electron chi connectivity index (χ4n) is 2.41. The highest BCUT2D eigenvalue weighted by molar-refractivity contribution is 7.89. The van der Waals surface area contributed by atoms with Crippen molar-refractivity contribution >= 4 is 37.4 Å². The molecule has 3 heterocycles. The minimum absolute atomic E-state index is 0.0658. The summed E-state index contributed by atoms with van der Waals surface area (Å²) in [6, 6.07) is 1.86. The maximum atomic E-state index is 12.1. The first-order valence-electron chi connectivity index (χ1n) is 6.90. The number of thiophene rings is 1. The van der Waals surface area contributed by atoms with Gasteiger partial charge in [0.1, 0.15) is 12.1 Å². The Labute approximate surface area is 133 Å². The lowest BCUT2D eigenvalue weighted by Gasteiger charge is -2.21. The van der Waals surface area contributed by atoms with Crippen LogP contribution in [0.3, 0.4) is 0 Å². The van der Waals surface area contributed by atoms with Crippen molar-refractivity contribution in [1.29, 1.82) is 0 Å². The van der Waals surface area contributed by atoms with Crippen LogP contribution in [-0.4, -0.2) is 61.8 Å². The Hall–Kier alpha value is -1.29. The molecule has 2 aromatic rings. The Kier molecular flexibility index (Phi) is 4.31. The summed E-state index contributed by atoms with van der Waals surface area (Å²) in [7, 11) is -0.158. The lowest BCUT2D eigenvalue weighted by Crippen LogP contribution is -2.37. The minimum atomic E-state index is -3.26. The first-order chi connectivity index (χ1) is 10.5. The lowest BCUT2D eigenvalue weighted by atomic mass is 10.1. The number of nitrogens with one attached hydrogen (secondary N) is 1. The molecule has 2 atom stereocenters. The van der Waals surface area contributed by atoms with Gasteiger partial charge in [0.05, 0.1) is 35.2 Å². The van der Waals surface area contributed by atoms with Crippen LogP contribution in [-0.2, 0) is 14.8 Å². The third-order valence-corrected chi connectivity index (χ3v) is 6.62. The molecule has 1 aliphatic heterocycles. The van der Waals surface area contributed by atoms with Gasteiger partial charge in [-0.3, -0.25) is 0 Å². The van der Waals surface area contributed by atoms with Gasteiger partial charge in [-0.2, -0.15) is 0 Å². The van der Waals surface area contributed by atoms with E-state index < -0.39 is 10.0 Å². The van der Waals surface area contributed by atoms with Gasteiger partial charge in [0.15, 0.2) is 0 Å². The number of ether oxygens (including phenoxy) is 1. The zero-order valence-corrected chi connectivity index (χ0v) is 14.0. The second-order valence-corrected chi connectivity index (χ2v) is 8.61. The number of nitrogens with zero attached hydrogens (tertiary/aromatic N) is 3. The Morgan fingerprint density at radius 2 is 2.23 bits per heavy atom. The molecule has 0 spiro atoms. The fourth-order valence-corrected chi connectivity index (χ4v) is 4.37. The summed E-state index contributed by atoms with van der Waals surface area (Å²) >= 11 is 1.56. The summed E-state index contributed by atoms with van der Waals surface area (Å²) in [5.74, 6) is 0.705. The smallest absolute Gasteiger partial charge is 0.214 e. The lowest BCUT2D eigenvalue weighted by molar-refractivity contribution is 0.187. The molecule has 1 saturated heterocycles. The van der Waals surface area contributed by atoms with Crippen LogP contribution < -0.4 is 5.32 Å². The molecule has 0 unspecified atom stereocenters. The van der Waals surface area contributed by atoms with Gasteiger partial charge in [-0.15, -0.1) is 11.3 Å². The molecule has 0 amide bonds. The van der Waals surface area contributed by atoms with Gasteiger partial charge in [0, 0.05) is 20.0 Å². The van der Waals surface area contributed by atoms with Crippen LogP contribution in [0.1, 0.15) is 0 Å². The number of rotatable bonds is 5. The predicted molar refractivity (Wildman–Crippen MR) is 86.6 cm³/mol. The van der Waals surface area contributed by atoms with Crippen molar-refractivity contribution in [3.05, 3.63) is 17.8 Å². The van der Waals surface area contributed by atoms with Crippen LogP contribution in [0.25, 0.3) is 10.2 Å². The van der Waals surface area contributed by atoms with Crippen molar-refractivity contribution in [2.75, 3.05) is 38.4 Å². The molecule has 120 valence electrons. The molecule has 0 bridgehead atoms. The standard InChI is InChI=1S/C13H18N4O3S2/c1-17(2)22(18,19)7-9-5-20-6-11(9)16-13-12-10(3-4-21-12)14-8-15-13/h3-4,8-9,11H,5-7H2,1-2H3,(H,14,15,16)/t9-,11+/m0/s1. The van der Waals surface area contributed by atoms with Crippen molar-refractivity contribution in [1.82, 2.24) is 14.3 Å². The van der Waals surface area contributed by atoms with Crippen LogP contribution in [0, 0.1) is 5.92 Å². The van der Waals surface area contributed by atoms with Gasteiger partial charge in [-0.1, -0.05) is 0 Å². The summed E-state index contributed by atoms with van der Waals surface area (Å²) < 4.78 is 31.9. The second-order valence-electron chi connectivity index (χ2n) is 5.47. The third kappa shape index (κ3) is 3.07. The SMILES string of the molecule is CN(C)S(=O)(=O)C[C@@H]1COC[C@H]1Nc1ncnc2ccsc12. The molecule has 0 saturated carbocycles. The Balaban J connectivity index is 1.78. The van der Waals surface area contributed by atoms with E-state index in [1.54, 1.807) is 25.4 Å². The summed E-state index contributed by atoms with van der Waals surface area (Å²) in [5, 5.41) is 5.29. The number of fused-ring (bicyclic) bond motifs is 1. The third-order valence-electron chi connectivity index (χ3n) is 3.74. The van der Waals surface area contributed by atoms with Crippen LogP contribution >= 0.6 is 11.3 Å². The number of anilines is 1. The van der Waals surface area contributed by atoms with E-state index in [0.717, 1.165) is 16.0 Å².